The van der Waals surface area contributed by atoms with Crippen LogP contribution in [0.1, 0.15) is 86.3 Å². The van der Waals surface area contributed by atoms with Crippen LogP contribution in [-0.2, 0) is 4.79 Å². The van der Waals surface area contributed by atoms with Crippen molar-refractivity contribution in [2.75, 3.05) is 49.1 Å². The van der Waals surface area contributed by atoms with Gasteiger partial charge >= 0.3 is 6.03 Å². The van der Waals surface area contributed by atoms with E-state index < -0.39 is 0 Å². The van der Waals surface area contributed by atoms with Gasteiger partial charge in [-0.15, -0.1) is 10.2 Å². The van der Waals surface area contributed by atoms with Crippen LogP contribution in [0.5, 0.6) is 5.75 Å². The average molecular weight is 791 g/mol. The number of carbonyl (C=O) groups is 3. The molecule has 5 heterocycles. The molecule has 2 aromatic heterocycles. The van der Waals surface area contributed by atoms with E-state index in [4.69, 9.17) is 26.7 Å². The van der Waals surface area contributed by atoms with Crippen LogP contribution in [-0.4, -0.2) is 94.1 Å². The predicted octanol–water partition coefficient (Wildman–Crippen LogP) is 5.86. The van der Waals surface area contributed by atoms with Gasteiger partial charge in [0.2, 0.25) is 5.91 Å². The fourth-order valence-electron chi connectivity index (χ4n) is 9.90. The summed E-state index contributed by atoms with van der Waals surface area (Å²) in [4.78, 5) is 43.9. The van der Waals surface area contributed by atoms with Crippen LogP contribution < -0.4 is 25.2 Å². The molecule has 57 heavy (non-hydrogen) atoms. The van der Waals surface area contributed by atoms with Gasteiger partial charge in [-0.05, 0) is 106 Å². The summed E-state index contributed by atoms with van der Waals surface area (Å²) in [5.41, 5.74) is 2.92. The maximum Gasteiger partial charge on any atom is 0.328 e. The van der Waals surface area contributed by atoms with E-state index in [1.165, 1.54) is 12.8 Å². The summed E-state index contributed by atoms with van der Waals surface area (Å²) >= 11 is 6.16. The number of halogens is 1. The molecule has 296 valence electrons. The number of aromatic nitrogens is 4. The van der Waals surface area contributed by atoms with Gasteiger partial charge in [-0.1, -0.05) is 17.7 Å². The molecular formula is C42H47ClN10O4. The minimum atomic E-state index is -0.376. The number of piperidine rings is 1. The zero-order valence-electron chi connectivity index (χ0n) is 31.9. The van der Waals surface area contributed by atoms with E-state index >= 15 is 0 Å². The minimum Gasteiger partial charge on any atom is -0.490 e. The Morgan fingerprint density at radius 2 is 1.82 bits per heavy atom. The number of anilines is 2. The zero-order valence-corrected chi connectivity index (χ0v) is 32.7. The molecule has 3 saturated heterocycles. The van der Waals surface area contributed by atoms with E-state index in [2.05, 4.69) is 47.4 Å². The Hall–Kier alpha value is -5.26. The van der Waals surface area contributed by atoms with E-state index in [-0.39, 0.29) is 30.0 Å². The molecule has 4 amide bonds. The largest absolute Gasteiger partial charge is 0.490 e. The molecule has 0 bridgehead atoms. The number of likely N-dealkylation sites (tertiary alicyclic amines) is 1. The zero-order chi connectivity index (χ0) is 39.1. The molecule has 2 aromatic carbocycles. The summed E-state index contributed by atoms with van der Waals surface area (Å²) in [5, 5.41) is 29.6. The molecule has 15 heteroatoms. The highest BCUT2D eigenvalue weighted by atomic mass is 35.5. The molecule has 2 aliphatic carbocycles. The topological polar surface area (TPSA) is 162 Å². The number of urea groups is 1. The number of imide groups is 1. The van der Waals surface area contributed by atoms with Crippen molar-refractivity contribution in [1.29, 1.82) is 5.26 Å². The monoisotopic (exact) mass is 790 g/mol. The first-order valence-electron chi connectivity index (χ1n) is 20.3. The summed E-state index contributed by atoms with van der Waals surface area (Å²) < 4.78 is 8.23. The van der Waals surface area contributed by atoms with Crippen molar-refractivity contribution in [1.82, 2.24) is 35.5 Å². The highest BCUT2D eigenvalue weighted by Gasteiger charge is 2.49. The molecule has 3 aliphatic heterocycles. The SMILES string of the molecule is N#Cc1ccc(OC2CCC(NC(=O)c3ccc(N4CCC5(CC(CN6CCC(n7ncc8c(N9CCC(=O)NC9=O)cccc87)CC6)C5)C4)nn3)CC2)cc1Cl. The molecule has 5 aliphatic rings. The summed E-state index contributed by atoms with van der Waals surface area (Å²) in [6, 6.07) is 16.9. The van der Waals surface area contributed by atoms with Crippen molar-refractivity contribution in [3.63, 3.8) is 0 Å². The van der Waals surface area contributed by atoms with E-state index in [1.807, 2.05) is 24.4 Å². The summed E-state index contributed by atoms with van der Waals surface area (Å²) in [7, 11) is 0. The third-order valence-electron chi connectivity index (χ3n) is 12.8. The second kappa shape index (κ2) is 15.6. The average Bonchev–Trinajstić information content (AvgIpc) is 3.85. The number of amides is 4. The number of carbonyl (C=O) groups excluding carboxylic acids is 3. The molecule has 2 saturated carbocycles. The first-order chi connectivity index (χ1) is 27.7. The number of benzene rings is 2. The van der Waals surface area contributed by atoms with Crippen molar-refractivity contribution < 1.29 is 19.1 Å². The van der Waals surface area contributed by atoms with Gasteiger partial charge in [-0.25, -0.2) is 4.79 Å². The number of nitriles is 1. The Bertz CT molecular complexity index is 2200. The molecule has 4 aromatic rings. The predicted molar refractivity (Wildman–Crippen MR) is 214 cm³/mol. The molecule has 0 radical (unpaired) electrons. The summed E-state index contributed by atoms with van der Waals surface area (Å²) in [6.45, 7) is 5.52. The van der Waals surface area contributed by atoms with Crippen LogP contribution in [0.4, 0.5) is 16.3 Å². The summed E-state index contributed by atoms with van der Waals surface area (Å²) in [6.07, 6.45) is 11.1. The number of nitrogens with zero attached hydrogens (tertiary/aromatic N) is 8. The lowest BCUT2D eigenvalue weighted by atomic mass is 9.61. The third-order valence-corrected chi connectivity index (χ3v) is 13.2. The fraction of sp³-hybridized carbons (Fsp3) is 0.500. The van der Waals surface area contributed by atoms with Crippen molar-refractivity contribution >= 4 is 51.9 Å². The van der Waals surface area contributed by atoms with Crippen LogP contribution >= 0.6 is 11.6 Å². The van der Waals surface area contributed by atoms with Crippen molar-refractivity contribution in [2.45, 2.75) is 82.4 Å². The Morgan fingerprint density at radius 1 is 1.00 bits per heavy atom. The van der Waals surface area contributed by atoms with Gasteiger partial charge < -0.3 is 19.9 Å². The standard InChI is InChI=1S/C42H47ClN10O4/c43-34-20-32(7-4-28(34)23-44)57-31-8-5-29(6-9-31)46-40(55)35-10-11-38(49-48-35)51-19-15-42(26-51)21-27(22-42)25-50-16-12-30(13-17-50)53-37-3-1-2-36(33(37)24-45-53)52-18-14-39(54)47-41(52)56/h1-4,7,10-11,20,24,27,29-31H,5-6,8-9,12-19,21-22,25-26H2,(H,46,55)(H,47,54,56). The Balaban J connectivity index is 0.705. The van der Waals surface area contributed by atoms with E-state index in [9.17, 15) is 14.4 Å². The molecular weight excluding hydrogens is 744 g/mol. The molecule has 1 spiro atoms. The fourth-order valence-corrected chi connectivity index (χ4v) is 10.1. The third kappa shape index (κ3) is 7.75. The lowest BCUT2D eigenvalue weighted by molar-refractivity contribution is -0.120. The second-order valence-corrected chi connectivity index (χ2v) is 17.0. The first kappa shape index (κ1) is 37.3. The first-order valence-corrected chi connectivity index (χ1v) is 20.7. The highest BCUT2D eigenvalue weighted by Crippen LogP contribution is 2.52. The minimum absolute atomic E-state index is 0.0357. The second-order valence-electron chi connectivity index (χ2n) is 16.6. The number of fused-ring (bicyclic) bond motifs is 1. The van der Waals surface area contributed by atoms with Gasteiger partial charge in [0.15, 0.2) is 11.5 Å². The molecule has 14 nitrogen and oxygen atoms in total. The number of ether oxygens (including phenoxy) is 1. The van der Waals surface area contributed by atoms with E-state index in [0.717, 1.165) is 100 Å². The molecule has 5 fully saturated rings. The Labute approximate surface area is 336 Å². The van der Waals surface area contributed by atoms with E-state index in [0.29, 0.717) is 52.4 Å². The maximum absolute atomic E-state index is 13.1. The molecule has 0 unspecified atom stereocenters. The number of hydrogen-bond donors (Lipinski definition) is 2. The van der Waals surface area contributed by atoms with Crippen molar-refractivity contribution in [2.24, 2.45) is 11.3 Å². The van der Waals surface area contributed by atoms with Crippen LogP contribution in [0.15, 0.2) is 54.7 Å². The number of rotatable bonds is 9. The van der Waals surface area contributed by atoms with Crippen LogP contribution in [0.3, 0.4) is 0 Å². The normalized spacial score (nSPS) is 25.6. The van der Waals surface area contributed by atoms with E-state index in [1.54, 1.807) is 29.2 Å². The number of hydrogen-bond acceptors (Lipinski definition) is 10. The van der Waals surface area contributed by atoms with Gasteiger partial charge in [0, 0.05) is 63.2 Å². The van der Waals surface area contributed by atoms with Crippen LogP contribution in [0, 0.1) is 22.7 Å². The van der Waals surface area contributed by atoms with Gasteiger partial charge in [0.05, 0.1) is 40.1 Å². The van der Waals surface area contributed by atoms with Gasteiger partial charge in [-0.2, -0.15) is 10.4 Å². The maximum atomic E-state index is 13.1. The molecule has 2 N–H and O–H groups in total. The van der Waals surface area contributed by atoms with Gasteiger partial charge in [-0.3, -0.25) is 24.5 Å². The highest BCUT2D eigenvalue weighted by molar-refractivity contribution is 6.31. The Morgan fingerprint density at radius 3 is 2.56 bits per heavy atom. The quantitative estimate of drug-likeness (QED) is 0.210. The molecule has 0 atom stereocenters. The van der Waals surface area contributed by atoms with Crippen LogP contribution in [0.25, 0.3) is 10.9 Å². The van der Waals surface area contributed by atoms with Crippen molar-refractivity contribution in [3.05, 3.63) is 71.0 Å². The van der Waals surface area contributed by atoms with Crippen molar-refractivity contribution in [3.8, 4) is 11.8 Å². The Kier molecular flexibility index (Phi) is 10.2. The smallest absolute Gasteiger partial charge is 0.328 e. The lowest BCUT2D eigenvalue weighted by Crippen LogP contribution is -2.49. The van der Waals surface area contributed by atoms with Gasteiger partial charge in [0.1, 0.15) is 11.8 Å². The van der Waals surface area contributed by atoms with Crippen LogP contribution in [0.2, 0.25) is 5.02 Å². The molecule has 9 rings (SSSR count). The summed E-state index contributed by atoms with van der Waals surface area (Å²) in [5.74, 6) is 1.76. The number of nitrogens with one attached hydrogen (secondary N) is 2. The lowest BCUT2D eigenvalue weighted by Gasteiger charge is -2.47. The van der Waals surface area contributed by atoms with Gasteiger partial charge in [0.25, 0.3) is 5.91 Å².